The van der Waals surface area contributed by atoms with Gasteiger partial charge < -0.3 is 9.47 Å². The van der Waals surface area contributed by atoms with Crippen molar-refractivity contribution >= 4 is 17.6 Å². The van der Waals surface area contributed by atoms with Gasteiger partial charge in [0, 0.05) is 0 Å². The molecule has 0 radical (unpaired) electrons. The van der Waals surface area contributed by atoms with Gasteiger partial charge in [0.1, 0.15) is 5.75 Å². The van der Waals surface area contributed by atoms with Crippen molar-refractivity contribution in [3.8, 4) is 5.75 Å². The number of ether oxygens (including phenoxy) is 2. The van der Waals surface area contributed by atoms with E-state index in [9.17, 15) is 4.79 Å². The summed E-state index contributed by atoms with van der Waals surface area (Å²) in [6.45, 7) is 0. The van der Waals surface area contributed by atoms with E-state index in [1.165, 1.54) is 12.7 Å². The molecule has 0 heterocycles. The monoisotopic (exact) mass is 308 g/mol. The van der Waals surface area contributed by atoms with Crippen LogP contribution in [0.5, 0.6) is 5.75 Å². The summed E-state index contributed by atoms with van der Waals surface area (Å²) in [5.74, 6) is 0.691. The number of fused-ring (bicyclic) bond motifs is 3. The van der Waals surface area contributed by atoms with Crippen LogP contribution in [0, 0.1) is 5.41 Å². The fraction of sp³-hybridized carbons (Fsp3) is 0.588. The first-order valence-electron chi connectivity index (χ1n) is 7.48. The Hall–Kier alpha value is -1.22. The van der Waals surface area contributed by atoms with Crippen LogP contribution in [0.3, 0.4) is 0 Å². The molecule has 1 aromatic rings. The summed E-state index contributed by atoms with van der Waals surface area (Å²) >= 11 is 6.28. The number of rotatable bonds is 3. The van der Waals surface area contributed by atoms with Gasteiger partial charge in [-0.15, -0.1) is 0 Å². The largest absolute Gasteiger partial charge is 0.495 e. The summed E-state index contributed by atoms with van der Waals surface area (Å²) in [5, 5.41) is 0.666. The molecular weight excluding hydrogens is 288 g/mol. The molecule has 3 aliphatic carbocycles. The average molecular weight is 309 g/mol. The Kier molecular flexibility index (Phi) is 3.64. The number of carbonyl (C=O) groups excluding carboxylic acids is 1. The summed E-state index contributed by atoms with van der Waals surface area (Å²) in [7, 11) is 3.13. The second-order valence-corrected chi connectivity index (χ2v) is 6.81. The van der Waals surface area contributed by atoms with Crippen molar-refractivity contribution in [1.29, 1.82) is 0 Å². The van der Waals surface area contributed by atoms with Crippen LogP contribution in [-0.4, -0.2) is 20.2 Å². The summed E-state index contributed by atoms with van der Waals surface area (Å²) < 4.78 is 10.3. The zero-order valence-electron chi connectivity index (χ0n) is 12.6. The molecule has 0 spiro atoms. The second-order valence-electron chi connectivity index (χ2n) is 6.40. The van der Waals surface area contributed by atoms with Gasteiger partial charge in [-0.25, -0.2) is 0 Å². The smallest absolute Gasteiger partial charge is 0.311 e. The lowest BCUT2D eigenvalue weighted by atomic mass is 9.52. The van der Waals surface area contributed by atoms with Crippen molar-refractivity contribution in [1.82, 2.24) is 0 Å². The van der Waals surface area contributed by atoms with Gasteiger partial charge in [-0.05, 0) is 61.6 Å². The molecule has 114 valence electrons. The van der Waals surface area contributed by atoms with Gasteiger partial charge in [0.05, 0.1) is 24.7 Å². The molecule has 21 heavy (non-hydrogen) atoms. The third kappa shape index (κ3) is 2.22. The molecule has 0 aromatic heterocycles. The van der Waals surface area contributed by atoms with Crippen LogP contribution < -0.4 is 4.74 Å². The molecule has 0 aliphatic heterocycles. The van der Waals surface area contributed by atoms with E-state index >= 15 is 0 Å². The zero-order valence-corrected chi connectivity index (χ0v) is 13.3. The Morgan fingerprint density at radius 2 is 1.71 bits per heavy atom. The molecule has 0 amide bonds. The lowest BCUT2D eigenvalue weighted by Gasteiger charge is -2.52. The summed E-state index contributed by atoms with van der Waals surface area (Å²) in [5.41, 5.74) is 1.23. The molecule has 4 heteroatoms. The number of hydrogen-bond donors (Lipinski definition) is 0. The molecule has 4 rings (SSSR count). The van der Waals surface area contributed by atoms with Crippen LogP contribution in [0.1, 0.15) is 44.1 Å². The van der Waals surface area contributed by atoms with Gasteiger partial charge in [0.25, 0.3) is 0 Å². The predicted octanol–water partition coefficient (Wildman–Crippen LogP) is 4.11. The first-order valence-corrected chi connectivity index (χ1v) is 7.86. The van der Waals surface area contributed by atoms with Gasteiger partial charge in [0.2, 0.25) is 0 Å². The van der Waals surface area contributed by atoms with E-state index in [0.29, 0.717) is 10.8 Å². The Morgan fingerprint density at radius 3 is 2.19 bits per heavy atom. The second kappa shape index (κ2) is 5.20. The normalized spacial score (nSPS) is 31.0. The Labute approximate surface area is 130 Å². The highest BCUT2D eigenvalue weighted by Crippen LogP contribution is 2.58. The third-order valence-corrected chi connectivity index (χ3v) is 5.92. The van der Waals surface area contributed by atoms with Gasteiger partial charge in [-0.2, -0.15) is 0 Å². The van der Waals surface area contributed by atoms with Gasteiger partial charge >= 0.3 is 5.97 Å². The Morgan fingerprint density at radius 1 is 1.10 bits per heavy atom. The standard InChI is InChI=1S/C17H21ClO3/c1-20-14-4-3-12(11-13(14)18)16-5-8-17(9-6-16,10-7-16)15(19)21-2/h3-4,11H,5-10H2,1-2H3. The van der Waals surface area contributed by atoms with Crippen molar-refractivity contribution in [2.24, 2.45) is 5.41 Å². The van der Waals surface area contributed by atoms with Crippen molar-refractivity contribution in [3.63, 3.8) is 0 Å². The van der Waals surface area contributed by atoms with Gasteiger partial charge in [0.15, 0.2) is 0 Å². The molecule has 0 N–H and O–H groups in total. The fourth-order valence-corrected chi connectivity index (χ4v) is 4.40. The lowest BCUT2D eigenvalue weighted by Crippen LogP contribution is -2.48. The first-order chi connectivity index (χ1) is 10.1. The summed E-state index contributed by atoms with van der Waals surface area (Å²) in [6.07, 6.45) is 5.86. The lowest BCUT2D eigenvalue weighted by molar-refractivity contribution is -0.160. The van der Waals surface area contributed by atoms with Crippen molar-refractivity contribution in [2.75, 3.05) is 14.2 Å². The molecule has 3 fully saturated rings. The van der Waals surface area contributed by atoms with Crippen LogP contribution >= 0.6 is 11.6 Å². The maximum Gasteiger partial charge on any atom is 0.311 e. The van der Waals surface area contributed by atoms with E-state index in [2.05, 4.69) is 6.07 Å². The van der Waals surface area contributed by atoms with Crippen LogP contribution in [0.2, 0.25) is 5.02 Å². The van der Waals surface area contributed by atoms with Crippen LogP contribution in [0.4, 0.5) is 0 Å². The van der Waals surface area contributed by atoms with Crippen molar-refractivity contribution in [2.45, 2.75) is 43.9 Å². The fourth-order valence-electron chi connectivity index (χ4n) is 4.14. The summed E-state index contributed by atoms with van der Waals surface area (Å²) in [6, 6.07) is 6.11. The maximum absolute atomic E-state index is 12.1. The summed E-state index contributed by atoms with van der Waals surface area (Å²) in [4.78, 5) is 12.1. The highest BCUT2D eigenvalue weighted by molar-refractivity contribution is 6.32. The van der Waals surface area contributed by atoms with Crippen LogP contribution in [0.15, 0.2) is 18.2 Å². The molecule has 1 aromatic carbocycles. The van der Waals surface area contributed by atoms with Gasteiger partial charge in [-0.1, -0.05) is 17.7 Å². The molecule has 3 aliphatic rings. The van der Waals surface area contributed by atoms with E-state index in [1.807, 2.05) is 12.1 Å². The van der Waals surface area contributed by atoms with Crippen LogP contribution in [-0.2, 0) is 14.9 Å². The molecule has 3 nitrogen and oxygen atoms in total. The van der Waals surface area contributed by atoms with E-state index < -0.39 is 0 Å². The van der Waals surface area contributed by atoms with Crippen LogP contribution in [0.25, 0.3) is 0 Å². The number of hydrogen-bond acceptors (Lipinski definition) is 3. The number of halogens is 1. The molecule has 3 saturated carbocycles. The van der Waals surface area contributed by atoms with Crippen molar-refractivity contribution in [3.05, 3.63) is 28.8 Å². The topological polar surface area (TPSA) is 35.5 Å². The molecular formula is C17H21ClO3. The Balaban J connectivity index is 1.86. The molecule has 0 atom stereocenters. The number of benzene rings is 1. The minimum atomic E-state index is -0.229. The maximum atomic E-state index is 12.1. The van der Waals surface area contributed by atoms with E-state index in [1.54, 1.807) is 7.11 Å². The Bertz CT molecular complexity index is 543. The quantitative estimate of drug-likeness (QED) is 0.788. The minimum Gasteiger partial charge on any atom is -0.495 e. The van der Waals surface area contributed by atoms with E-state index in [-0.39, 0.29) is 16.8 Å². The highest BCUT2D eigenvalue weighted by atomic mass is 35.5. The number of esters is 1. The minimum absolute atomic E-state index is 0.0245. The number of methoxy groups -OCH3 is 2. The van der Waals surface area contributed by atoms with Gasteiger partial charge in [-0.3, -0.25) is 4.79 Å². The predicted molar refractivity (Wildman–Crippen MR) is 81.8 cm³/mol. The third-order valence-electron chi connectivity index (χ3n) is 5.63. The van der Waals surface area contributed by atoms with E-state index in [4.69, 9.17) is 21.1 Å². The average Bonchev–Trinajstić information content (AvgIpc) is 2.55. The molecule has 0 unspecified atom stereocenters. The highest BCUT2D eigenvalue weighted by Gasteiger charge is 2.53. The zero-order chi connectivity index (χ0) is 15.1. The first kappa shape index (κ1) is 14.7. The molecule has 0 saturated heterocycles. The van der Waals surface area contributed by atoms with Crippen molar-refractivity contribution < 1.29 is 14.3 Å². The van der Waals surface area contributed by atoms with E-state index in [0.717, 1.165) is 38.5 Å². The SMILES string of the molecule is COC(=O)C12CCC(c3ccc(OC)c(Cl)c3)(CC1)CC2. The molecule has 2 bridgehead atoms. The number of carbonyl (C=O) groups is 1.